The summed E-state index contributed by atoms with van der Waals surface area (Å²) in [6, 6.07) is 7.98. The van der Waals surface area contributed by atoms with E-state index in [-0.39, 0.29) is 5.92 Å². The summed E-state index contributed by atoms with van der Waals surface area (Å²) >= 11 is 0. The summed E-state index contributed by atoms with van der Waals surface area (Å²) in [7, 11) is 2.25. The first-order valence-corrected chi connectivity index (χ1v) is 8.88. The van der Waals surface area contributed by atoms with Crippen molar-refractivity contribution in [3.63, 3.8) is 0 Å². The van der Waals surface area contributed by atoms with Gasteiger partial charge in [0.2, 0.25) is 0 Å². The Morgan fingerprint density at radius 1 is 1.40 bits per heavy atom. The molecule has 2 aromatic rings. The van der Waals surface area contributed by atoms with Gasteiger partial charge in [-0.25, -0.2) is 0 Å². The van der Waals surface area contributed by atoms with E-state index in [1.807, 2.05) is 31.2 Å². The number of nitrogens with one attached hydrogen (secondary N) is 1. The smallest absolute Gasteiger partial charge is 0.318 e. The molecule has 3 N–H and O–H groups in total. The lowest BCUT2D eigenvalue weighted by molar-refractivity contribution is -0.922. The molecule has 25 heavy (non-hydrogen) atoms. The van der Waals surface area contributed by atoms with Gasteiger partial charge in [0, 0.05) is 34.5 Å². The van der Waals surface area contributed by atoms with Crippen LogP contribution in [0.2, 0.25) is 0 Å². The molecule has 0 aliphatic carbocycles. The summed E-state index contributed by atoms with van der Waals surface area (Å²) in [4.78, 5) is 15.9. The fourth-order valence-corrected chi connectivity index (χ4v) is 5.06. The molecule has 0 spiro atoms. The van der Waals surface area contributed by atoms with E-state index < -0.39 is 18.0 Å². The fraction of sp³-hybridized carbons (Fsp3) is 0.450. The van der Waals surface area contributed by atoms with Crippen molar-refractivity contribution >= 4 is 16.9 Å². The molecule has 3 atom stereocenters. The number of benzene rings is 1. The highest BCUT2D eigenvalue weighted by molar-refractivity contribution is 5.90. The number of hydrogen-bond donors (Lipinski definition) is 3. The molecular weight excluding hydrogens is 316 g/mol. The van der Waals surface area contributed by atoms with Crippen LogP contribution < -0.4 is 0 Å². The standard InChI is InChI=1S/C20H24N2O3/c1-3-13-10-22(2)9-8-16(13)20(12-23,19(24)25)18-15(11-22)14-6-4-5-7-17(14)21-18/h3-7,16,21,23H,8-12H2,1-2H3/p+1/b13-3-/t16-,20-,22?/m0/s1. The number of aromatic amines is 1. The molecule has 0 amide bonds. The highest BCUT2D eigenvalue weighted by Gasteiger charge is 2.56. The quantitative estimate of drug-likeness (QED) is 0.580. The van der Waals surface area contributed by atoms with E-state index in [4.69, 9.17) is 0 Å². The zero-order valence-corrected chi connectivity index (χ0v) is 14.7. The highest BCUT2D eigenvalue weighted by Crippen LogP contribution is 2.48. The van der Waals surface area contributed by atoms with Crippen molar-refractivity contribution in [1.82, 2.24) is 4.98 Å². The van der Waals surface area contributed by atoms with E-state index in [2.05, 4.69) is 18.1 Å². The van der Waals surface area contributed by atoms with E-state index >= 15 is 0 Å². The van der Waals surface area contributed by atoms with Gasteiger partial charge in [0.1, 0.15) is 18.5 Å². The Morgan fingerprint density at radius 3 is 2.84 bits per heavy atom. The second kappa shape index (κ2) is 5.44. The van der Waals surface area contributed by atoms with Crippen LogP contribution in [0.15, 0.2) is 35.9 Å². The minimum absolute atomic E-state index is 0.182. The van der Waals surface area contributed by atoms with E-state index in [9.17, 15) is 15.0 Å². The number of aliphatic carboxylic acids is 1. The number of hydrogen-bond acceptors (Lipinski definition) is 2. The average Bonchev–Trinajstić information content (AvgIpc) is 2.93. The third kappa shape index (κ3) is 2.12. The van der Waals surface area contributed by atoms with Gasteiger partial charge in [-0.05, 0) is 18.6 Å². The predicted octanol–water partition coefficient (Wildman–Crippen LogP) is 2.41. The number of rotatable bonds is 2. The number of quaternary nitrogens is 1. The van der Waals surface area contributed by atoms with Gasteiger partial charge in [-0.3, -0.25) is 4.79 Å². The van der Waals surface area contributed by atoms with Gasteiger partial charge in [0.25, 0.3) is 0 Å². The molecule has 4 heterocycles. The number of aliphatic hydroxyl groups excluding tert-OH is 1. The third-order valence-electron chi connectivity index (χ3n) is 6.37. The molecule has 0 radical (unpaired) electrons. The van der Waals surface area contributed by atoms with Crippen LogP contribution in [0.4, 0.5) is 0 Å². The SMILES string of the molecule is C/C=C1/C[N+]2(C)CC[C@@H]1[C@](CO)(C(=O)O)c1[nH]c3ccccc3c1C2. The molecule has 5 rings (SSSR count). The maximum Gasteiger partial charge on any atom is 0.318 e. The number of fused-ring (bicyclic) bond motifs is 3. The molecule has 1 aromatic carbocycles. The van der Waals surface area contributed by atoms with Crippen LogP contribution in [0, 0.1) is 5.92 Å². The number of carboxylic acid groups (broad SMARTS) is 1. The predicted molar refractivity (Wildman–Crippen MR) is 96.2 cm³/mol. The van der Waals surface area contributed by atoms with Crippen LogP contribution in [-0.4, -0.2) is 52.4 Å². The molecule has 0 saturated carbocycles. The van der Waals surface area contributed by atoms with Gasteiger partial charge >= 0.3 is 5.97 Å². The number of piperidine rings is 1. The Labute approximate surface area is 147 Å². The number of para-hydroxylation sites is 1. The zero-order chi connectivity index (χ0) is 17.8. The Kier molecular flexibility index (Phi) is 3.56. The molecule has 1 fully saturated rings. The Balaban J connectivity index is 2.10. The molecule has 5 nitrogen and oxygen atoms in total. The first kappa shape index (κ1) is 16.4. The van der Waals surface area contributed by atoms with Gasteiger partial charge in [0.05, 0.1) is 20.2 Å². The van der Waals surface area contributed by atoms with Crippen molar-refractivity contribution in [1.29, 1.82) is 0 Å². The summed E-state index contributed by atoms with van der Waals surface area (Å²) in [5.74, 6) is -1.12. The lowest BCUT2D eigenvalue weighted by Gasteiger charge is -2.49. The second-order valence-corrected chi connectivity index (χ2v) is 7.82. The van der Waals surface area contributed by atoms with Crippen molar-refractivity contribution < 1.29 is 19.5 Å². The maximum atomic E-state index is 12.5. The van der Waals surface area contributed by atoms with Crippen LogP contribution in [0.1, 0.15) is 24.6 Å². The summed E-state index contributed by atoms with van der Waals surface area (Å²) in [6.45, 7) is 4.13. The number of aliphatic hydroxyl groups is 1. The second-order valence-electron chi connectivity index (χ2n) is 7.82. The monoisotopic (exact) mass is 341 g/mol. The highest BCUT2D eigenvalue weighted by atomic mass is 16.4. The number of aromatic nitrogens is 1. The number of allylic oxidation sites excluding steroid dienone is 1. The summed E-state index contributed by atoms with van der Waals surface area (Å²) in [6.07, 6.45) is 2.83. The Bertz CT molecular complexity index is 884. The molecule has 132 valence electrons. The zero-order valence-electron chi connectivity index (χ0n) is 14.7. The molecule has 3 aliphatic rings. The van der Waals surface area contributed by atoms with E-state index in [1.165, 1.54) is 0 Å². The lowest BCUT2D eigenvalue weighted by Crippen LogP contribution is -2.59. The summed E-state index contributed by atoms with van der Waals surface area (Å²) in [5, 5.41) is 21.7. The van der Waals surface area contributed by atoms with Crippen molar-refractivity contribution in [3.05, 3.63) is 47.2 Å². The van der Waals surface area contributed by atoms with Gasteiger partial charge in [-0.15, -0.1) is 0 Å². The largest absolute Gasteiger partial charge is 0.480 e. The van der Waals surface area contributed by atoms with E-state index in [0.717, 1.165) is 52.6 Å². The summed E-state index contributed by atoms with van der Waals surface area (Å²) in [5.41, 5.74) is 2.53. The number of carbonyl (C=O) groups is 1. The minimum atomic E-state index is -1.30. The van der Waals surface area contributed by atoms with E-state index in [0.29, 0.717) is 5.69 Å². The number of H-pyrrole nitrogens is 1. The van der Waals surface area contributed by atoms with Crippen LogP contribution in [0.5, 0.6) is 0 Å². The molecule has 5 heteroatoms. The van der Waals surface area contributed by atoms with Crippen molar-refractivity contribution in [2.24, 2.45) is 5.92 Å². The van der Waals surface area contributed by atoms with Gasteiger partial charge in [0.15, 0.2) is 0 Å². The molecule has 2 bridgehead atoms. The Hall–Kier alpha value is -2.11. The summed E-state index contributed by atoms with van der Waals surface area (Å²) < 4.78 is 0.881. The number of carboxylic acids is 1. The average molecular weight is 341 g/mol. The van der Waals surface area contributed by atoms with Gasteiger partial charge in [-0.2, -0.15) is 0 Å². The van der Waals surface area contributed by atoms with Gasteiger partial charge in [-0.1, -0.05) is 24.3 Å². The normalized spacial score (nSPS) is 33.2. The molecule has 1 unspecified atom stereocenters. The molecule has 1 aromatic heterocycles. The van der Waals surface area contributed by atoms with Crippen LogP contribution in [-0.2, 0) is 16.8 Å². The molecule has 3 aliphatic heterocycles. The van der Waals surface area contributed by atoms with Gasteiger partial charge < -0.3 is 19.7 Å². The third-order valence-corrected chi connectivity index (χ3v) is 6.37. The molecular formula is C20H25N2O3+. The van der Waals surface area contributed by atoms with Crippen molar-refractivity contribution in [2.45, 2.75) is 25.3 Å². The maximum absolute atomic E-state index is 12.5. The van der Waals surface area contributed by atoms with Crippen molar-refractivity contribution in [2.75, 3.05) is 26.7 Å². The fourth-order valence-electron chi connectivity index (χ4n) is 5.06. The minimum Gasteiger partial charge on any atom is -0.480 e. The Morgan fingerprint density at radius 2 is 2.16 bits per heavy atom. The van der Waals surface area contributed by atoms with Crippen LogP contribution in [0.25, 0.3) is 10.9 Å². The van der Waals surface area contributed by atoms with Crippen molar-refractivity contribution in [3.8, 4) is 0 Å². The van der Waals surface area contributed by atoms with Crippen LogP contribution in [0.3, 0.4) is 0 Å². The first-order valence-electron chi connectivity index (χ1n) is 8.88. The topological polar surface area (TPSA) is 73.3 Å². The van der Waals surface area contributed by atoms with Crippen LogP contribution >= 0.6 is 0 Å². The number of nitrogens with zero attached hydrogens (tertiary/aromatic N) is 1. The lowest BCUT2D eigenvalue weighted by atomic mass is 9.64. The first-order chi connectivity index (χ1) is 11.9. The van der Waals surface area contributed by atoms with E-state index in [1.54, 1.807) is 0 Å². The number of likely N-dealkylation sites (N-methyl/N-ethyl adjacent to an activating group) is 1. The molecule has 1 saturated heterocycles.